The monoisotopic (exact) mass is 361 g/mol. The van der Waals surface area contributed by atoms with Gasteiger partial charge in [0.2, 0.25) is 23.4 Å². The second-order valence-electron chi connectivity index (χ2n) is 6.23. The van der Waals surface area contributed by atoms with Gasteiger partial charge in [0.15, 0.2) is 11.5 Å². The quantitative estimate of drug-likeness (QED) is 0.810. The Hall–Kier alpha value is -2.77. The normalized spacial score (nSPS) is 15.1. The number of nitrogens with one attached hydrogen (secondary N) is 1. The van der Waals surface area contributed by atoms with Crippen LogP contribution in [-0.4, -0.2) is 37.4 Å². The summed E-state index contributed by atoms with van der Waals surface area (Å²) < 4.78 is 21.3. The van der Waals surface area contributed by atoms with Crippen molar-refractivity contribution in [2.24, 2.45) is 5.92 Å². The lowest BCUT2D eigenvalue weighted by Crippen LogP contribution is -2.36. The number of carbonyl (C=O) groups excluding carboxylic acids is 1. The molecule has 1 saturated carbocycles. The van der Waals surface area contributed by atoms with Gasteiger partial charge in [0.25, 0.3) is 0 Å². The van der Waals surface area contributed by atoms with Crippen molar-refractivity contribution in [1.82, 2.24) is 15.5 Å². The maximum absolute atomic E-state index is 12.1. The van der Waals surface area contributed by atoms with Crippen LogP contribution in [0.15, 0.2) is 16.7 Å². The number of rotatable bonds is 7. The predicted molar refractivity (Wildman–Crippen MR) is 93.3 cm³/mol. The maximum Gasteiger partial charge on any atom is 0.249 e. The zero-order chi connectivity index (χ0) is 18.7. The summed E-state index contributed by atoms with van der Waals surface area (Å²) in [6.07, 6.45) is 3.00. The number of aromatic nitrogens is 2. The Morgan fingerprint density at radius 3 is 2.35 bits per heavy atom. The van der Waals surface area contributed by atoms with Gasteiger partial charge in [0.1, 0.15) is 6.04 Å². The summed E-state index contributed by atoms with van der Waals surface area (Å²) in [6, 6.07) is 3.13. The van der Waals surface area contributed by atoms with Crippen molar-refractivity contribution in [2.45, 2.75) is 32.2 Å². The van der Waals surface area contributed by atoms with Crippen molar-refractivity contribution in [1.29, 1.82) is 0 Å². The van der Waals surface area contributed by atoms with E-state index >= 15 is 0 Å². The van der Waals surface area contributed by atoms with Gasteiger partial charge in [-0.2, -0.15) is 4.98 Å². The van der Waals surface area contributed by atoms with E-state index in [2.05, 4.69) is 15.5 Å². The lowest BCUT2D eigenvalue weighted by Gasteiger charge is -2.25. The zero-order valence-electron chi connectivity index (χ0n) is 15.4. The van der Waals surface area contributed by atoms with E-state index in [9.17, 15) is 4.79 Å². The van der Waals surface area contributed by atoms with Gasteiger partial charge in [-0.3, -0.25) is 4.79 Å². The minimum Gasteiger partial charge on any atom is -0.493 e. The van der Waals surface area contributed by atoms with Gasteiger partial charge in [-0.25, -0.2) is 0 Å². The molecule has 1 N–H and O–H groups in total. The van der Waals surface area contributed by atoms with Gasteiger partial charge in [0.05, 0.1) is 21.3 Å². The molecule has 140 valence electrons. The van der Waals surface area contributed by atoms with Gasteiger partial charge in [-0.15, -0.1) is 0 Å². The van der Waals surface area contributed by atoms with Crippen molar-refractivity contribution in [3.8, 4) is 28.6 Å². The molecule has 0 saturated heterocycles. The first kappa shape index (κ1) is 18.0. The standard InChI is InChI=1S/C18H23N3O5/c1-10(19-17(22)11-6-5-7-11)18-20-16(21-26-18)12-8-13(23-2)15(25-4)14(9-12)24-3/h8-11H,5-7H2,1-4H3,(H,19,22)/t10-/m0/s1. The first-order valence-electron chi connectivity index (χ1n) is 8.51. The third-order valence-corrected chi connectivity index (χ3v) is 4.57. The summed E-state index contributed by atoms with van der Waals surface area (Å²) in [5, 5.41) is 6.93. The fraction of sp³-hybridized carbons (Fsp3) is 0.500. The number of hydrogen-bond donors (Lipinski definition) is 1. The van der Waals surface area contributed by atoms with Crippen LogP contribution in [0, 0.1) is 5.92 Å². The summed E-state index contributed by atoms with van der Waals surface area (Å²) in [7, 11) is 4.63. The number of amides is 1. The second kappa shape index (κ2) is 7.63. The molecule has 8 nitrogen and oxygen atoms in total. The molecule has 2 aromatic rings. The molecule has 0 spiro atoms. The molecule has 0 bridgehead atoms. The second-order valence-corrected chi connectivity index (χ2v) is 6.23. The number of benzene rings is 1. The molecule has 0 unspecified atom stereocenters. The third-order valence-electron chi connectivity index (χ3n) is 4.57. The van der Waals surface area contributed by atoms with Crippen molar-refractivity contribution < 1.29 is 23.5 Å². The molecule has 1 amide bonds. The average Bonchev–Trinajstić information content (AvgIpc) is 3.08. The number of hydrogen-bond acceptors (Lipinski definition) is 7. The van der Waals surface area contributed by atoms with Crippen molar-refractivity contribution in [3.63, 3.8) is 0 Å². The highest BCUT2D eigenvalue weighted by Crippen LogP contribution is 2.40. The van der Waals surface area contributed by atoms with E-state index in [0.717, 1.165) is 19.3 Å². The lowest BCUT2D eigenvalue weighted by atomic mass is 9.84. The van der Waals surface area contributed by atoms with Crippen molar-refractivity contribution in [3.05, 3.63) is 18.0 Å². The summed E-state index contributed by atoms with van der Waals surface area (Å²) in [4.78, 5) is 16.5. The summed E-state index contributed by atoms with van der Waals surface area (Å²) in [6.45, 7) is 1.82. The fourth-order valence-electron chi connectivity index (χ4n) is 2.80. The molecular weight excluding hydrogens is 338 g/mol. The Morgan fingerprint density at radius 2 is 1.85 bits per heavy atom. The highest BCUT2D eigenvalue weighted by atomic mass is 16.5. The van der Waals surface area contributed by atoms with Crippen LogP contribution in [0.5, 0.6) is 17.2 Å². The summed E-state index contributed by atoms with van der Waals surface area (Å²) >= 11 is 0. The molecular formula is C18H23N3O5. The van der Waals surface area contributed by atoms with Gasteiger partial charge in [-0.05, 0) is 31.9 Å². The molecule has 0 aliphatic heterocycles. The highest BCUT2D eigenvalue weighted by molar-refractivity contribution is 5.79. The van der Waals surface area contributed by atoms with Crippen molar-refractivity contribution in [2.75, 3.05) is 21.3 Å². The third kappa shape index (κ3) is 3.44. The van der Waals surface area contributed by atoms with Crippen LogP contribution in [0.2, 0.25) is 0 Å². The van der Waals surface area contributed by atoms with Crippen LogP contribution < -0.4 is 19.5 Å². The van der Waals surface area contributed by atoms with Gasteiger partial charge >= 0.3 is 0 Å². The van der Waals surface area contributed by atoms with Crippen LogP contribution in [0.1, 0.15) is 38.1 Å². The molecule has 1 aliphatic carbocycles. The highest BCUT2D eigenvalue weighted by Gasteiger charge is 2.28. The predicted octanol–water partition coefficient (Wildman–Crippen LogP) is 2.74. The molecule has 1 atom stereocenters. The lowest BCUT2D eigenvalue weighted by molar-refractivity contribution is -0.128. The topological polar surface area (TPSA) is 95.7 Å². The Kier molecular flexibility index (Phi) is 5.29. The maximum atomic E-state index is 12.1. The minimum atomic E-state index is -0.355. The first-order chi connectivity index (χ1) is 12.6. The van der Waals surface area contributed by atoms with Gasteiger partial charge in [-0.1, -0.05) is 11.6 Å². The van der Waals surface area contributed by atoms with E-state index in [1.807, 2.05) is 6.92 Å². The molecule has 1 aromatic carbocycles. The average molecular weight is 361 g/mol. The Balaban J connectivity index is 1.81. The smallest absolute Gasteiger partial charge is 0.249 e. The van der Waals surface area contributed by atoms with E-state index in [1.54, 1.807) is 33.5 Å². The van der Waals surface area contributed by atoms with Crippen LogP contribution in [-0.2, 0) is 4.79 Å². The van der Waals surface area contributed by atoms with Crippen molar-refractivity contribution >= 4 is 5.91 Å². The van der Waals surface area contributed by atoms with E-state index in [1.165, 1.54) is 0 Å². The van der Waals surface area contributed by atoms with Crippen LogP contribution in [0.25, 0.3) is 11.4 Å². The zero-order valence-corrected chi connectivity index (χ0v) is 15.4. The molecule has 26 heavy (non-hydrogen) atoms. The van der Waals surface area contributed by atoms with Crippen LogP contribution in [0.4, 0.5) is 0 Å². The number of carbonyl (C=O) groups is 1. The van der Waals surface area contributed by atoms with Crippen LogP contribution >= 0.6 is 0 Å². The Morgan fingerprint density at radius 1 is 1.19 bits per heavy atom. The minimum absolute atomic E-state index is 0.0382. The van der Waals surface area contributed by atoms with Gasteiger partial charge < -0.3 is 24.1 Å². The molecule has 1 aliphatic rings. The molecule has 1 aromatic heterocycles. The molecule has 8 heteroatoms. The molecule has 1 heterocycles. The number of ether oxygens (including phenoxy) is 3. The Bertz CT molecular complexity index is 760. The van der Waals surface area contributed by atoms with E-state index < -0.39 is 0 Å². The van der Waals surface area contributed by atoms with E-state index in [-0.39, 0.29) is 17.9 Å². The fourth-order valence-corrected chi connectivity index (χ4v) is 2.80. The molecule has 1 fully saturated rings. The Labute approximate surface area is 151 Å². The first-order valence-corrected chi connectivity index (χ1v) is 8.51. The van der Waals surface area contributed by atoms with E-state index in [0.29, 0.717) is 34.5 Å². The summed E-state index contributed by atoms with van der Waals surface area (Å²) in [5.41, 5.74) is 0.659. The van der Waals surface area contributed by atoms with E-state index in [4.69, 9.17) is 18.7 Å². The molecule has 3 rings (SSSR count). The SMILES string of the molecule is COc1cc(-c2noc([C@H](C)NC(=O)C3CCC3)n2)cc(OC)c1OC. The molecule has 0 radical (unpaired) electrons. The number of nitrogens with zero attached hydrogens (tertiary/aromatic N) is 2. The summed E-state index contributed by atoms with van der Waals surface area (Å²) in [5.74, 6) is 2.36. The largest absolute Gasteiger partial charge is 0.493 e. The van der Waals surface area contributed by atoms with Crippen LogP contribution in [0.3, 0.4) is 0 Å². The number of methoxy groups -OCH3 is 3. The van der Waals surface area contributed by atoms with Gasteiger partial charge in [0, 0.05) is 11.5 Å².